The van der Waals surface area contributed by atoms with Gasteiger partial charge in [0.1, 0.15) is 10.6 Å². The van der Waals surface area contributed by atoms with Crippen LogP contribution in [0.5, 0.6) is 5.75 Å². The Morgan fingerprint density at radius 1 is 1.33 bits per heavy atom. The first-order valence-corrected chi connectivity index (χ1v) is 10.7. The number of ether oxygens (including phenoxy) is 1. The van der Waals surface area contributed by atoms with Gasteiger partial charge in [-0.3, -0.25) is 9.36 Å². The summed E-state index contributed by atoms with van der Waals surface area (Å²) in [4.78, 5) is 20.5. The summed E-state index contributed by atoms with van der Waals surface area (Å²) >= 11 is 3.09. The number of thioether (sulfide) groups is 1. The maximum Gasteiger partial charge on any atom is 0.267 e. The van der Waals surface area contributed by atoms with Crippen LogP contribution in [0.3, 0.4) is 0 Å². The smallest absolute Gasteiger partial charge is 0.267 e. The van der Waals surface area contributed by atoms with E-state index in [1.54, 1.807) is 23.0 Å². The van der Waals surface area contributed by atoms with Gasteiger partial charge in [0.25, 0.3) is 5.56 Å². The molecule has 2 heterocycles. The van der Waals surface area contributed by atoms with Crippen LogP contribution in [0.25, 0.3) is 15.9 Å². The average Bonchev–Trinajstić information content (AvgIpc) is 3.07. The number of thiophene rings is 1. The van der Waals surface area contributed by atoms with E-state index < -0.39 is 0 Å². The van der Waals surface area contributed by atoms with Crippen LogP contribution in [-0.4, -0.2) is 22.4 Å². The highest BCUT2D eigenvalue weighted by atomic mass is 32.2. The van der Waals surface area contributed by atoms with Gasteiger partial charge in [0, 0.05) is 17.1 Å². The number of aromatic nitrogens is 2. The largest absolute Gasteiger partial charge is 0.495 e. The molecular weight excluding hydrogens is 378 g/mol. The van der Waals surface area contributed by atoms with E-state index >= 15 is 0 Å². The Morgan fingerprint density at radius 3 is 2.96 bits per heavy atom. The lowest BCUT2D eigenvalue weighted by atomic mass is 9.97. The van der Waals surface area contributed by atoms with Gasteiger partial charge in [-0.1, -0.05) is 23.9 Å². The first-order valence-electron chi connectivity index (χ1n) is 8.95. The van der Waals surface area contributed by atoms with Gasteiger partial charge < -0.3 is 4.74 Å². The Labute approximate surface area is 165 Å². The van der Waals surface area contributed by atoms with Crippen LogP contribution in [0.1, 0.15) is 29.7 Å². The van der Waals surface area contributed by atoms with Crippen LogP contribution in [0.15, 0.2) is 34.2 Å². The molecule has 2 aromatic heterocycles. The number of rotatable bonds is 5. The van der Waals surface area contributed by atoms with Crippen LogP contribution in [-0.2, 0) is 12.8 Å². The number of nitriles is 1. The highest BCUT2D eigenvalue weighted by Gasteiger charge is 2.23. The van der Waals surface area contributed by atoms with Crippen molar-refractivity contribution in [3.8, 4) is 17.5 Å². The zero-order valence-corrected chi connectivity index (χ0v) is 16.7. The molecule has 7 heteroatoms. The van der Waals surface area contributed by atoms with E-state index in [-0.39, 0.29) is 5.56 Å². The van der Waals surface area contributed by atoms with Gasteiger partial charge in [0.05, 0.1) is 24.3 Å². The summed E-state index contributed by atoms with van der Waals surface area (Å²) in [6.45, 7) is 0. The molecule has 5 nitrogen and oxygen atoms in total. The van der Waals surface area contributed by atoms with E-state index in [1.165, 1.54) is 28.6 Å². The fourth-order valence-corrected chi connectivity index (χ4v) is 5.65. The third-order valence-electron chi connectivity index (χ3n) is 4.73. The summed E-state index contributed by atoms with van der Waals surface area (Å²) in [5, 5.41) is 10.3. The highest BCUT2D eigenvalue weighted by molar-refractivity contribution is 7.99. The van der Waals surface area contributed by atoms with E-state index in [1.807, 2.05) is 24.3 Å². The lowest BCUT2D eigenvalue weighted by Gasteiger charge is -2.15. The Hall–Kier alpha value is -2.30. The summed E-state index contributed by atoms with van der Waals surface area (Å²) in [5.41, 5.74) is 1.83. The molecular formula is C20H19N3O2S2. The van der Waals surface area contributed by atoms with Gasteiger partial charge in [-0.15, -0.1) is 11.3 Å². The van der Waals surface area contributed by atoms with E-state index in [0.717, 1.165) is 29.5 Å². The normalized spacial score (nSPS) is 13.3. The van der Waals surface area contributed by atoms with Crippen molar-refractivity contribution in [3.63, 3.8) is 0 Å². The number of nitrogens with zero attached hydrogens (tertiary/aromatic N) is 3. The minimum absolute atomic E-state index is 0.0386. The van der Waals surface area contributed by atoms with Gasteiger partial charge in [0.2, 0.25) is 0 Å². The van der Waals surface area contributed by atoms with Crippen molar-refractivity contribution in [2.75, 3.05) is 12.9 Å². The van der Waals surface area contributed by atoms with Gasteiger partial charge in [-0.2, -0.15) is 5.26 Å². The van der Waals surface area contributed by atoms with Crippen molar-refractivity contribution in [2.45, 2.75) is 37.3 Å². The number of benzene rings is 1. The molecule has 138 valence electrons. The molecule has 0 saturated carbocycles. The number of methoxy groups -OCH3 is 1. The molecule has 0 radical (unpaired) electrons. The van der Waals surface area contributed by atoms with Crippen molar-refractivity contribution in [1.29, 1.82) is 5.26 Å². The van der Waals surface area contributed by atoms with Crippen LogP contribution >= 0.6 is 23.1 Å². The summed E-state index contributed by atoms with van der Waals surface area (Å²) in [6.07, 6.45) is 4.67. The average molecular weight is 398 g/mol. The highest BCUT2D eigenvalue weighted by Crippen LogP contribution is 2.36. The number of fused-ring (bicyclic) bond motifs is 3. The van der Waals surface area contributed by atoms with Gasteiger partial charge >= 0.3 is 0 Å². The van der Waals surface area contributed by atoms with E-state index in [2.05, 4.69) is 6.07 Å². The number of para-hydroxylation sites is 2. The molecule has 1 aliphatic carbocycles. The van der Waals surface area contributed by atoms with Gasteiger partial charge in [-0.05, 0) is 43.4 Å². The van der Waals surface area contributed by atoms with Crippen LogP contribution < -0.4 is 10.3 Å². The maximum atomic E-state index is 13.6. The quantitative estimate of drug-likeness (QED) is 0.364. The first kappa shape index (κ1) is 18.1. The summed E-state index contributed by atoms with van der Waals surface area (Å²) in [5.74, 6) is 1.22. The lowest BCUT2D eigenvalue weighted by Crippen LogP contribution is -2.22. The summed E-state index contributed by atoms with van der Waals surface area (Å²) in [6, 6.07) is 9.65. The monoisotopic (exact) mass is 397 g/mol. The fourth-order valence-electron chi connectivity index (χ4n) is 3.50. The molecule has 0 fully saturated rings. The minimum atomic E-state index is -0.0386. The first-order chi connectivity index (χ1) is 13.2. The molecule has 0 bridgehead atoms. The Balaban J connectivity index is 1.99. The van der Waals surface area contributed by atoms with Crippen molar-refractivity contribution in [3.05, 3.63) is 45.1 Å². The SMILES string of the molecule is COc1ccccc1-n1c(SCCC#N)nc2sc3c(c2c1=O)CCCC3. The fraction of sp³-hybridized carbons (Fsp3) is 0.350. The van der Waals surface area contributed by atoms with Crippen LogP contribution in [0, 0.1) is 11.3 Å². The Kier molecular flexibility index (Phi) is 5.19. The van der Waals surface area contributed by atoms with Crippen LogP contribution in [0.4, 0.5) is 0 Å². The van der Waals surface area contributed by atoms with Crippen molar-refractivity contribution >= 4 is 33.3 Å². The molecule has 0 spiro atoms. The van der Waals surface area contributed by atoms with E-state index in [9.17, 15) is 4.79 Å². The molecule has 27 heavy (non-hydrogen) atoms. The zero-order valence-electron chi connectivity index (χ0n) is 15.0. The van der Waals surface area contributed by atoms with Crippen LogP contribution in [0.2, 0.25) is 0 Å². The summed E-state index contributed by atoms with van der Waals surface area (Å²) in [7, 11) is 1.60. The third kappa shape index (κ3) is 3.24. The molecule has 0 atom stereocenters. The molecule has 1 aliphatic rings. The van der Waals surface area contributed by atoms with Gasteiger partial charge in [-0.25, -0.2) is 4.98 Å². The number of hydrogen-bond donors (Lipinski definition) is 0. The van der Waals surface area contributed by atoms with Crippen molar-refractivity contribution in [2.24, 2.45) is 0 Å². The molecule has 0 amide bonds. The summed E-state index contributed by atoms with van der Waals surface area (Å²) < 4.78 is 7.15. The predicted molar refractivity (Wildman–Crippen MR) is 109 cm³/mol. The van der Waals surface area contributed by atoms with E-state index in [0.29, 0.717) is 28.8 Å². The third-order valence-corrected chi connectivity index (χ3v) is 6.86. The predicted octanol–water partition coefficient (Wildman–Crippen LogP) is 4.34. The number of hydrogen-bond acceptors (Lipinski definition) is 6. The Bertz CT molecular complexity index is 1100. The van der Waals surface area contributed by atoms with Crippen molar-refractivity contribution in [1.82, 2.24) is 9.55 Å². The van der Waals surface area contributed by atoms with Crippen molar-refractivity contribution < 1.29 is 4.74 Å². The number of aryl methyl sites for hydroxylation is 2. The molecule has 1 aromatic carbocycles. The molecule has 0 aliphatic heterocycles. The molecule has 0 saturated heterocycles. The molecule has 0 N–H and O–H groups in total. The second-order valence-corrected chi connectivity index (χ2v) is 8.50. The molecule has 3 aromatic rings. The molecule has 4 rings (SSSR count). The maximum absolute atomic E-state index is 13.6. The second-order valence-electron chi connectivity index (χ2n) is 6.35. The lowest BCUT2D eigenvalue weighted by molar-refractivity contribution is 0.411. The molecule has 0 unspecified atom stereocenters. The standard InChI is InChI=1S/C20H19N3O2S2/c1-25-15-9-4-3-8-14(15)23-19(24)17-13-7-2-5-10-16(13)27-18(17)22-20(23)26-12-6-11-21/h3-4,8-9H,2,5-7,10,12H2,1H3. The Morgan fingerprint density at radius 2 is 2.15 bits per heavy atom. The minimum Gasteiger partial charge on any atom is -0.495 e. The topological polar surface area (TPSA) is 67.9 Å². The zero-order chi connectivity index (χ0) is 18.8. The second kappa shape index (κ2) is 7.75. The van der Waals surface area contributed by atoms with Gasteiger partial charge in [0.15, 0.2) is 5.16 Å². The van der Waals surface area contributed by atoms with E-state index in [4.69, 9.17) is 15.0 Å².